The molecule has 2 N–H and O–H groups in total. The predicted molar refractivity (Wildman–Crippen MR) is 59.9 cm³/mol. The third-order valence-electron chi connectivity index (χ3n) is 1.59. The zero-order valence-corrected chi connectivity index (χ0v) is 9.62. The van der Waals surface area contributed by atoms with E-state index in [0.29, 0.717) is 6.54 Å². The van der Waals surface area contributed by atoms with Crippen LogP contribution in [0.2, 0.25) is 0 Å². The minimum absolute atomic E-state index is 0.0969. The van der Waals surface area contributed by atoms with Gasteiger partial charge in [-0.3, -0.25) is 0 Å². The average molecular weight is 213 g/mol. The molecule has 0 aliphatic heterocycles. The molecule has 0 spiro atoms. The zero-order chi connectivity index (χ0) is 10.8. The second-order valence-electron chi connectivity index (χ2n) is 4.21. The van der Waals surface area contributed by atoms with Crippen molar-refractivity contribution in [2.75, 3.05) is 0 Å². The lowest BCUT2D eigenvalue weighted by Crippen LogP contribution is -2.07. The predicted octanol–water partition coefficient (Wildman–Crippen LogP) is 3.18. The average Bonchev–Trinajstić information content (AvgIpc) is 1.99. The fourth-order valence-electron chi connectivity index (χ4n) is 1.15. The van der Waals surface area contributed by atoms with Gasteiger partial charge in [-0.25, -0.2) is 4.39 Å². The Bertz CT molecular complexity index is 318. The molecule has 0 bridgehead atoms. The van der Waals surface area contributed by atoms with Gasteiger partial charge >= 0.3 is 0 Å². The molecule has 0 aliphatic rings. The Kier molecular flexibility index (Phi) is 3.56. The third kappa shape index (κ3) is 3.68. The van der Waals surface area contributed by atoms with Crippen molar-refractivity contribution in [1.82, 2.24) is 0 Å². The number of hydrogen-bond donors (Lipinski definition) is 1. The Balaban J connectivity index is 2.92. The summed E-state index contributed by atoms with van der Waals surface area (Å²) < 4.78 is 13.2. The Hall–Kier alpha value is -0.540. The van der Waals surface area contributed by atoms with Crippen LogP contribution < -0.4 is 5.73 Å². The van der Waals surface area contributed by atoms with Gasteiger partial charge in [-0.1, -0.05) is 20.8 Å². The SMILES string of the molecule is CC(C)(C)Sc1cc(F)cc(CN)c1. The van der Waals surface area contributed by atoms with Crippen LogP contribution in [0.5, 0.6) is 0 Å². The lowest BCUT2D eigenvalue weighted by molar-refractivity contribution is 0.621. The maximum atomic E-state index is 13.1. The van der Waals surface area contributed by atoms with Gasteiger partial charge in [0.2, 0.25) is 0 Å². The fraction of sp³-hybridized carbons (Fsp3) is 0.455. The van der Waals surface area contributed by atoms with E-state index in [1.165, 1.54) is 6.07 Å². The number of nitrogens with two attached hydrogens (primary N) is 1. The summed E-state index contributed by atoms with van der Waals surface area (Å²) in [5.74, 6) is -0.209. The molecule has 1 aromatic carbocycles. The van der Waals surface area contributed by atoms with Gasteiger partial charge in [-0.15, -0.1) is 11.8 Å². The lowest BCUT2D eigenvalue weighted by atomic mass is 10.2. The van der Waals surface area contributed by atoms with E-state index in [-0.39, 0.29) is 10.6 Å². The van der Waals surface area contributed by atoms with Crippen LogP contribution in [0.1, 0.15) is 26.3 Å². The molecule has 0 heterocycles. The standard InChI is InChI=1S/C11H16FNS/c1-11(2,3)14-10-5-8(7-13)4-9(12)6-10/h4-6H,7,13H2,1-3H3. The van der Waals surface area contributed by atoms with Crippen molar-refractivity contribution in [3.8, 4) is 0 Å². The highest BCUT2D eigenvalue weighted by atomic mass is 32.2. The summed E-state index contributed by atoms with van der Waals surface area (Å²) in [7, 11) is 0. The minimum atomic E-state index is -0.209. The number of hydrogen-bond acceptors (Lipinski definition) is 2. The number of rotatable bonds is 2. The van der Waals surface area contributed by atoms with Gasteiger partial charge in [0.1, 0.15) is 5.82 Å². The van der Waals surface area contributed by atoms with Crippen LogP contribution in [0.15, 0.2) is 23.1 Å². The van der Waals surface area contributed by atoms with E-state index in [4.69, 9.17) is 5.73 Å². The van der Waals surface area contributed by atoms with Crippen molar-refractivity contribution in [3.05, 3.63) is 29.6 Å². The lowest BCUT2D eigenvalue weighted by Gasteiger charge is -2.17. The van der Waals surface area contributed by atoms with Crippen LogP contribution in [0.3, 0.4) is 0 Å². The summed E-state index contributed by atoms with van der Waals surface area (Å²) in [6, 6.07) is 4.97. The monoisotopic (exact) mass is 213 g/mol. The zero-order valence-electron chi connectivity index (χ0n) is 8.80. The number of thioether (sulfide) groups is 1. The molecule has 1 rings (SSSR count). The van der Waals surface area contributed by atoms with E-state index >= 15 is 0 Å². The van der Waals surface area contributed by atoms with Crippen LogP contribution in [0.4, 0.5) is 4.39 Å². The van der Waals surface area contributed by atoms with E-state index < -0.39 is 0 Å². The Morgan fingerprint density at radius 1 is 1.29 bits per heavy atom. The van der Waals surface area contributed by atoms with E-state index in [2.05, 4.69) is 20.8 Å². The summed E-state index contributed by atoms with van der Waals surface area (Å²) in [6.45, 7) is 6.69. The quantitative estimate of drug-likeness (QED) is 0.764. The number of benzene rings is 1. The molecule has 0 unspecified atom stereocenters. The van der Waals surface area contributed by atoms with E-state index in [1.54, 1.807) is 17.8 Å². The first-order valence-corrected chi connectivity index (χ1v) is 5.41. The largest absolute Gasteiger partial charge is 0.326 e. The molecule has 0 atom stereocenters. The molecule has 0 amide bonds. The normalized spacial score (nSPS) is 11.8. The molecule has 78 valence electrons. The summed E-state index contributed by atoms with van der Waals surface area (Å²) in [4.78, 5) is 0.943. The van der Waals surface area contributed by atoms with Crippen LogP contribution in [0.25, 0.3) is 0 Å². The van der Waals surface area contributed by atoms with Crippen molar-refractivity contribution in [1.29, 1.82) is 0 Å². The highest BCUT2D eigenvalue weighted by Crippen LogP contribution is 2.32. The molecule has 1 aromatic rings. The second-order valence-corrected chi connectivity index (χ2v) is 6.11. The Morgan fingerprint density at radius 3 is 2.43 bits per heavy atom. The third-order valence-corrected chi connectivity index (χ3v) is 2.67. The molecule has 1 nitrogen and oxygen atoms in total. The van der Waals surface area contributed by atoms with Gasteiger partial charge in [-0.2, -0.15) is 0 Å². The molecule has 0 fully saturated rings. The summed E-state index contributed by atoms with van der Waals surface area (Å²) in [6.07, 6.45) is 0. The van der Waals surface area contributed by atoms with Crippen LogP contribution in [-0.4, -0.2) is 4.75 Å². The van der Waals surface area contributed by atoms with Crippen LogP contribution >= 0.6 is 11.8 Å². The van der Waals surface area contributed by atoms with E-state index in [1.807, 2.05) is 6.07 Å². The van der Waals surface area contributed by atoms with E-state index in [0.717, 1.165) is 10.5 Å². The summed E-state index contributed by atoms with van der Waals surface area (Å²) >= 11 is 1.65. The van der Waals surface area contributed by atoms with Gasteiger partial charge in [0.05, 0.1) is 0 Å². The molecule has 0 aliphatic carbocycles. The first-order valence-electron chi connectivity index (χ1n) is 4.59. The molecule has 3 heteroatoms. The minimum Gasteiger partial charge on any atom is -0.326 e. The summed E-state index contributed by atoms with van der Waals surface area (Å²) in [5, 5.41) is 0. The molecule has 0 saturated heterocycles. The first-order chi connectivity index (χ1) is 6.40. The van der Waals surface area contributed by atoms with Gasteiger partial charge in [-0.05, 0) is 23.8 Å². The van der Waals surface area contributed by atoms with Crippen molar-refractivity contribution in [3.63, 3.8) is 0 Å². The van der Waals surface area contributed by atoms with E-state index in [9.17, 15) is 4.39 Å². The molecule has 14 heavy (non-hydrogen) atoms. The summed E-state index contributed by atoms with van der Waals surface area (Å²) in [5.41, 5.74) is 6.32. The smallest absolute Gasteiger partial charge is 0.124 e. The highest BCUT2D eigenvalue weighted by Gasteiger charge is 2.12. The van der Waals surface area contributed by atoms with Crippen LogP contribution in [0, 0.1) is 5.82 Å². The molecule has 0 saturated carbocycles. The maximum Gasteiger partial charge on any atom is 0.124 e. The maximum absolute atomic E-state index is 13.1. The van der Waals surface area contributed by atoms with Gasteiger partial charge in [0, 0.05) is 16.2 Å². The van der Waals surface area contributed by atoms with Crippen molar-refractivity contribution < 1.29 is 4.39 Å². The number of halogens is 1. The fourth-order valence-corrected chi connectivity index (χ4v) is 2.24. The molecule has 0 aromatic heterocycles. The highest BCUT2D eigenvalue weighted by molar-refractivity contribution is 8.00. The van der Waals surface area contributed by atoms with Crippen molar-refractivity contribution in [2.45, 2.75) is 37.0 Å². The Labute approximate surface area is 88.9 Å². The van der Waals surface area contributed by atoms with Gasteiger partial charge in [0.15, 0.2) is 0 Å². The second kappa shape index (κ2) is 4.32. The van der Waals surface area contributed by atoms with Crippen LogP contribution in [-0.2, 0) is 6.54 Å². The first kappa shape index (κ1) is 11.5. The topological polar surface area (TPSA) is 26.0 Å². The van der Waals surface area contributed by atoms with Gasteiger partial charge in [0.25, 0.3) is 0 Å². The van der Waals surface area contributed by atoms with Crippen molar-refractivity contribution in [2.24, 2.45) is 5.73 Å². The molecular weight excluding hydrogens is 197 g/mol. The van der Waals surface area contributed by atoms with Crippen molar-refractivity contribution >= 4 is 11.8 Å². The van der Waals surface area contributed by atoms with Gasteiger partial charge < -0.3 is 5.73 Å². The molecular formula is C11H16FNS. The Morgan fingerprint density at radius 2 is 1.93 bits per heavy atom. The molecule has 0 radical (unpaired) electrons.